The molecule has 0 saturated heterocycles. The van der Waals surface area contributed by atoms with Gasteiger partial charge in [-0.15, -0.1) is 0 Å². The molecule has 0 spiro atoms. The second-order valence-corrected chi connectivity index (χ2v) is 5.26. The van der Waals surface area contributed by atoms with E-state index in [2.05, 4.69) is 9.97 Å². The van der Waals surface area contributed by atoms with Gasteiger partial charge in [0.2, 0.25) is 0 Å². The smallest absolute Gasteiger partial charge is 0.339 e. The average molecular weight is 271 g/mol. The van der Waals surface area contributed by atoms with Gasteiger partial charge in [-0.25, -0.2) is 9.78 Å². The number of aryl methyl sites for hydroxylation is 3. The second kappa shape index (κ2) is 4.74. The number of carboxylic acid groups (broad SMARTS) is 1. The van der Waals surface area contributed by atoms with E-state index < -0.39 is 5.97 Å². The summed E-state index contributed by atoms with van der Waals surface area (Å²) in [5.41, 5.74) is 4.55. The number of aromatic carboxylic acids is 1. The Morgan fingerprint density at radius 1 is 1.30 bits per heavy atom. The van der Waals surface area contributed by atoms with Crippen LogP contribution in [0, 0.1) is 13.8 Å². The van der Waals surface area contributed by atoms with Gasteiger partial charge < -0.3 is 9.67 Å². The highest BCUT2D eigenvalue weighted by atomic mass is 16.4. The number of hydrogen-bond donors (Lipinski definition) is 1. The molecule has 0 aliphatic heterocycles. The van der Waals surface area contributed by atoms with Gasteiger partial charge in [0.05, 0.1) is 23.4 Å². The Kier molecular flexibility index (Phi) is 3.04. The van der Waals surface area contributed by atoms with Crippen molar-refractivity contribution < 1.29 is 9.90 Å². The molecule has 2 aromatic heterocycles. The van der Waals surface area contributed by atoms with Crippen LogP contribution in [-0.4, -0.2) is 25.6 Å². The zero-order valence-corrected chi connectivity index (χ0v) is 11.7. The zero-order valence-electron chi connectivity index (χ0n) is 11.7. The zero-order chi connectivity index (χ0) is 14.3. The summed E-state index contributed by atoms with van der Waals surface area (Å²) in [4.78, 5) is 20.2. The van der Waals surface area contributed by atoms with Crippen LogP contribution >= 0.6 is 0 Å². The van der Waals surface area contributed by atoms with E-state index in [1.807, 2.05) is 17.6 Å². The van der Waals surface area contributed by atoms with Crippen molar-refractivity contribution in [3.05, 3.63) is 40.7 Å². The van der Waals surface area contributed by atoms with Crippen molar-refractivity contribution in [3.8, 4) is 5.69 Å². The van der Waals surface area contributed by atoms with E-state index in [1.165, 1.54) is 0 Å². The number of rotatable bonds is 2. The van der Waals surface area contributed by atoms with Gasteiger partial charge in [0.15, 0.2) is 0 Å². The summed E-state index contributed by atoms with van der Waals surface area (Å²) in [7, 11) is 0. The number of pyridine rings is 1. The fourth-order valence-electron chi connectivity index (χ4n) is 2.94. The van der Waals surface area contributed by atoms with E-state index in [-0.39, 0.29) is 5.56 Å². The summed E-state index contributed by atoms with van der Waals surface area (Å²) in [5, 5.41) is 9.47. The molecule has 2 aromatic rings. The molecule has 1 aliphatic carbocycles. The van der Waals surface area contributed by atoms with Crippen LogP contribution in [0.15, 0.2) is 12.4 Å². The second-order valence-electron chi connectivity index (χ2n) is 5.26. The third-order valence-electron chi connectivity index (χ3n) is 3.81. The summed E-state index contributed by atoms with van der Waals surface area (Å²) >= 11 is 0. The minimum absolute atomic E-state index is 0.265. The number of fused-ring (bicyclic) bond motifs is 1. The molecule has 0 bridgehead atoms. The molecule has 1 aliphatic rings. The molecule has 0 unspecified atom stereocenters. The molecule has 0 radical (unpaired) electrons. The highest BCUT2D eigenvalue weighted by Crippen LogP contribution is 2.26. The van der Waals surface area contributed by atoms with Gasteiger partial charge in [-0.2, -0.15) is 0 Å². The third kappa shape index (κ3) is 1.99. The Morgan fingerprint density at radius 2 is 2.05 bits per heavy atom. The van der Waals surface area contributed by atoms with E-state index >= 15 is 0 Å². The van der Waals surface area contributed by atoms with Gasteiger partial charge >= 0.3 is 5.97 Å². The summed E-state index contributed by atoms with van der Waals surface area (Å²) in [6.45, 7) is 3.62. The molecule has 20 heavy (non-hydrogen) atoms. The lowest BCUT2D eigenvalue weighted by Crippen LogP contribution is -2.13. The lowest BCUT2D eigenvalue weighted by molar-refractivity contribution is 0.0695. The maximum atomic E-state index is 11.5. The maximum absolute atomic E-state index is 11.5. The third-order valence-corrected chi connectivity index (χ3v) is 3.81. The fourth-order valence-corrected chi connectivity index (χ4v) is 2.94. The Morgan fingerprint density at radius 3 is 2.80 bits per heavy atom. The minimum atomic E-state index is -0.941. The quantitative estimate of drug-likeness (QED) is 0.911. The van der Waals surface area contributed by atoms with Crippen LogP contribution in [0.5, 0.6) is 0 Å². The standard InChI is InChI=1S/C15H17N3O2/c1-9-7-13(14(15(19)20)10(2)17-9)18-8-16-11-5-3-4-6-12(11)18/h7-8H,3-6H2,1-2H3,(H,19,20). The van der Waals surface area contributed by atoms with E-state index in [4.69, 9.17) is 0 Å². The summed E-state index contributed by atoms with van der Waals surface area (Å²) in [5.74, 6) is -0.941. The highest BCUT2D eigenvalue weighted by molar-refractivity contribution is 5.93. The SMILES string of the molecule is Cc1cc(-n2cnc3c2CCCC3)c(C(=O)O)c(C)n1. The van der Waals surface area contributed by atoms with Crippen molar-refractivity contribution in [3.63, 3.8) is 0 Å². The van der Waals surface area contributed by atoms with E-state index in [1.54, 1.807) is 13.3 Å². The maximum Gasteiger partial charge on any atom is 0.339 e. The van der Waals surface area contributed by atoms with Crippen molar-refractivity contribution in [1.82, 2.24) is 14.5 Å². The van der Waals surface area contributed by atoms with Gasteiger partial charge in [-0.1, -0.05) is 0 Å². The Labute approximate surface area is 117 Å². The van der Waals surface area contributed by atoms with Crippen molar-refractivity contribution in [2.45, 2.75) is 39.5 Å². The van der Waals surface area contributed by atoms with Gasteiger partial charge in [0, 0.05) is 11.4 Å². The molecule has 0 fully saturated rings. The van der Waals surface area contributed by atoms with Crippen LogP contribution in [0.25, 0.3) is 5.69 Å². The topological polar surface area (TPSA) is 68.0 Å². The first-order valence-corrected chi connectivity index (χ1v) is 6.85. The molecule has 0 atom stereocenters. The molecule has 2 heterocycles. The average Bonchev–Trinajstić information content (AvgIpc) is 2.80. The van der Waals surface area contributed by atoms with Crippen LogP contribution in [-0.2, 0) is 12.8 Å². The molecular formula is C15H17N3O2. The first-order chi connectivity index (χ1) is 9.58. The van der Waals surface area contributed by atoms with Crippen molar-refractivity contribution >= 4 is 5.97 Å². The fraction of sp³-hybridized carbons (Fsp3) is 0.400. The number of carbonyl (C=O) groups is 1. The first-order valence-electron chi connectivity index (χ1n) is 6.85. The van der Waals surface area contributed by atoms with Crippen molar-refractivity contribution in [2.75, 3.05) is 0 Å². The van der Waals surface area contributed by atoms with Crippen LogP contribution < -0.4 is 0 Å². The van der Waals surface area contributed by atoms with Crippen molar-refractivity contribution in [1.29, 1.82) is 0 Å². The van der Waals surface area contributed by atoms with Gasteiger partial charge in [0.25, 0.3) is 0 Å². The normalized spacial score (nSPS) is 14.1. The molecule has 0 aromatic carbocycles. The highest BCUT2D eigenvalue weighted by Gasteiger charge is 2.21. The van der Waals surface area contributed by atoms with Crippen LogP contribution in [0.2, 0.25) is 0 Å². The number of aromatic nitrogens is 3. The molecular weight excluding hydrogens is 254 g/mol. The monoisotopic (exact) mass is 271 g/mol. The number of hydrogen-bond acceptors (Lipinski definition) is 3. The van der Waals surface area contributed by atoms with Gasteiger partial charge in [-0.3, -0.25) is 4.98 Å². The summed E-state index contributed by atoms with van der Waals surface area (Å²) in [6.07, 6.45) is 5.97. The Hall–Kier alpha value is -2.17. The number of carboxylic acids is 1. The largest absolute Gasteiger partial charge is 0.478 e. The molecule has 5 heteroatoms. The van der Waals surface area contributed by atoms with Crippen LogP contribution in [0.4, 0.5) is 0 Å². The Balaban J connectivity index is 2.24. The molecule has 3 rings (SSSR count). The van der Waals surface area contributed by atoms with Crippen molar-refractivity contribution in [2.24, 2.45) is 0 Å². The predicted octanol–water partition coefficient (Wildman–Crippen LogP) is 2.46. The van der Waals surface area contributed by atoms with Crippen LogP contribution in [0.3, 0.4) is 0 Å². The minimum Gasteiger partial charge on any atom is -0.478 e. The summed E-state index contributed by atoms with van der Waals surface area (Å²) < 4.78 is 1.93. The summed E-state index contributed by atoms with van der Waals surface area (Å²) in [6, 6.07) is 1.83. The molecule has 0 saturated carbocycles. The number of imidazole rings is 1. The predicted molar refractivity (Wildman–Crippen MR) is 74.4 cm³/mol. The molecule has 5 nitrogen and oxygen atoms in total. The lowest BCUT2D eigenvalue weighted by atomic mass is 10.0. The van der Waals surface area contributed by atoms with Gasteiger partial charge in [0.1, 0.15) is 5.56 Å². The molecule has 1 N–H and O–H groups in total. The molecule has 104 valence electrons. The van der Waals surface area contributed by atoms with E-state index in [9.17, 15) is 9.90 Å². The van der Waals surface area contributed by atoms with Crippen LogP contribution in [0.1, 0.15) is 46.0 Å². The Bertz CT molecular complexity index is 689. The number of nitrogens with zero attached hydrogens (tertiary/aromatic N) is 3. The molecule has 0 amide bonds. The van der Waals surface area contributed by atoms with E-state index in [0.29, 0.717) is 11.4 Å². The van der Waals surface area contributed by atoms with E-state index in [0.717, 1.165) is 42.8 Å². The lowest BCUT2D eigenvalue weighted by Gasteiger charge is -2.16. The van der Waals surface area contributed by atoms with Gasteiger partial charge in [-0.05, 0) is 45.6 Å². The first kappa shape index (κ1) is 12.8.